The predicted molar refractivity (Wildman–Crippen MR) is 89.7 cm³/mol. The van der Waals surface area contributed by atoms with Crippen molar-refractivity contribution in [2.45, 2.75) is 11.8 Å². The normalized spacial score (nSPS) is 26.1. The maximum absolute atomic E-state index is 14.6. The molecule has 3 saturated heterocycles. The van der Waals surface area contributed by atoms with Crippen LogP contribution in [0.2, 0.25) is 0 Å². The van der Waals surface area contributed by atoms with E-state index in [1.54, 1.807) is 17.2 Å². The van der Waals surface area contributed by atoms with E-state index in [1.807, 2.05) is 0 Å². The van der Waals surface area contributed by atoms with Gasteiger partial charge >= 0.3 is 6.03 Å². The summed E-state index contributed by atoms with van der Waals surface area (Å²) in [6.07, 6.45) is 3.14. The van der Waals surface area contributed by atoms with Crippen LogP contribution >= 0.6 is 0 Å². The van der Waals surface area contributed by atoms with Crippen molar-refractivity contribution in [1.29, 1.82) is 0 Å². The molecule has 3 aliphatic rings. The standard InChI is InChI=1S/C16H17F2N7O2/c17-16(18)8-24(7-15(16)5-19-6-15)11-3-10(23-25-2-1-20-12(11)25)9-4-21-14(27)22-13(9)26/h1-3,9,19H,4-8H2,(H2,21,22,26,27). The Balaban J connectivity index is 1.56. The van der Waals surface area contributed by atoms with Gasteiger partial charge < -0.3 is 15.5 Å². The zero-order chi connectivity index (χ0) is 18.8. The Morgan fingerprint density at radius 3 is 2.70 bits per heavy atom. The third kappa shape index (κ3) is 2.30. The molecule has 5 rings (SSSR count). The molecular formula is C16H17F2N7O2. The van der Waals surface area contributed by atoms with E-state index in [0.29, 0.717) is 17.0 Å². The number of imide groups is 1. The Morgan fingerprint density at radius 1 is 1.22 bits per heavy atom. The first kappa shape index (κ1) is 16.4. The van der Waals surface area contributed by atoms with E-state index < -0.39 is 35.7 Å². The number of aromatic nitrogens is 3. The molecule has 3 N–H and O–H groups in total. The van der Waals surface area contributed by atoms with E-state index in [-0.39, 0.29) is 26.2 Å². The first-order chi connectivity index (χ1) is 12.9. The first-order valence-electron chi connectivity index (χ1n) is 8.65. The largest absolute Gasteiger partial charge is 0.361 e. The molecule has 0 aromatic carbocycles. The van der Waals surface area contributed by atoms with Gasteiger partial charge in [-0.2, -0.15) is 5.10 Å². The molecular weight excluding hydrogens is 360 g/mol. The van der Waals surface area contributed by atoms with Crippen LogP contribution in [-0.4, -0.2) is 65.2 Å². The Kier molecular flexibility index (Phi) is 3.24. The van der Waals surface area contributed by atoms with Crippen LogP contribution in [0.4, 0.5) is 19.3 Å². The molecule has 9 nitrogen and oxygen atoms in total. The first-order valence-corrected chi connectivity index (χ1v) is 8.65. The molecule has 1 atom stereocenters. The molecule has 1 unspecified atom stereocenters. The van der Waals surface area contributed by atoms with Crippen LogP contribution < -0.4 is 20.9 Å². The van der Waals surface area contributed by atoms with Gasteiger partial charge in [0, 0.05) is 38.6 Å². The second kappa shape index (κ2) is 5.35. The second-order valence-corrected chi connectivity index (χ2v) is 7.35. The summed E-state index contributed by atoms with van der Waals surface area (Å²) >= 11 is 0. The summed E-state index contributed by atoms with van der Waals surface area (Å²) < 4.78 is 30.7. The number of halogens is 2. The molecule has 0 bridgehead atoms. The molecule has 1 spiro atoms. The van der Waals surface area contributed by atoms with Crippen molar-refractivity contribution in [1.82, 2.24) is 30.5 Å². The second-order valence-electron chi connectivity index (χ2n) is 7.35. The summed E-state index contributed by atoms with van der Waals surface area (Å²) in [7, 11) is 0. The van der Waals surface area contributed by atoms with Gasteiger partial charge in [-0.05, 0) is 6.07 Å². The van der Waals surface area contributed by atoms with Crippen LogP contribution in [0, 0.1) is 5.41 Å². The van der Waals surface area contributed by atoms with Crippen molar-refractivity contribution >= 4 is 23.3 Å². The number of alkyl halides is 2. The fourth-order valence-electron chi connectivity index (χ4n) is 4.00. The molecule has 142 valence electrons. The van der Waals surface area contributed by atoms with Gasteiger partial charge in [0.1, 0.15) is 0 Å². The van der Waals surface area contributed by atoms with Gasteiger partial charge in [-0.1, -0.05) is 0 Å². The SMILES string of the molecule is O=C1NCC(c2cc(N3CC(F)(F)C4(CNC4)C3)c3nccn3n2)C(=O)N1. The van der Waals surface area contributed by atoms with Gasteiger partial charge in [-0.25, -0.2) is 23.1 Å². The molecule has 3 amide bonds. The molecule has 2 aromatic rings. The molecule has 0 saturated carbocycles. The van der Waals surface area contributed by atoms with Gasteiger partial charge in [0.25, 0.3) is 5.92 Å². The van der Waals surface area contributed by atoms with E-state index in [9.17, 15) is 18.4 Å². The number of nitrogens with zero attached hydrogens (tertiary/aromatic N) is 4. The number of carbonyl (C=O) groups is 2. The molecule has 5 heterocycles. The van der Waals surface area contributed by atoms with Crippen molar-refractivity contribution in [2.75, 3.05) is 37.6 Å². The highest BCUT2D eigenvalue weighted by Gasteiger charge is 2.63. The lowest BCUT2D eigenvalue weighted by Crippen LogP contribution is -2.62. The molecule has 3 aliphatic heterocycles. The maximum Gasteiger partial charge on any atom is 0.321 e. The average Bonchev–Trinajstić information content (AvgIpc) is 3.14. The third-order valence-electron chi connectivity index (χ3n) is 5.66. The van der Waals surface area contributed by atoms with E-state index in [1.165, 1.54) is 10.7 Å². The van der Waals surface area contributed by atoms with Crippen LogP contribution in [0.3, 0.4) is 0 Å². The Morgan fingerprint density at radius 2 is 2.04 bits per heavy atom. The van der Waals surface area contributed by atoms with E-state index in [4.69, 9.17) is 0 Å². The highest BCUT2D eigenvalue weighted by molar-refractivity contribution is 6.00. The number of hydrogen-bond acceptors (Lipinski definition) is 6. The number of imidazole rings is 1. The van der Waals surface area contributed by atoms with Crippen LogP contribution in [0.15, 0.2) is 18.5 Å². The van der Waals surface area contributed by atoms with Crippen molar-refractivity contribution in [3.8, 4) is 0 Å². The number of anilines is 1. The molecule has 11 heteroatoms. The Labute approximate surface area is 152 Å². The predicted octanol–water partition coefficient (Wildman–Crippen LogP) is -0.303. The third-order valence-corrected chi connectivity index (χ3v) is 5.66. The smallest absolute Gasteiger partial charge is 0.321 e. The minimum absolute atomic E-state index is 0.0985. The molecule has 27 heavy (non-hydrogen) atoms. The topological polar surface area (TPSA) is 104 Å². The van der Waals surface area contributed by atoms with E-state index in [0.717, 1.165) is 0 Å². The monoisotopic (exact) mass is 377 g/mol. The highest BCUT2D eigenvalue weighted by atomic mass is 19.3. The number of rotatable bonds is 2. The van der Waals surface area contributed by atoms with E-state index >= 15 is 0 Å². The number of nitrogens with one attached hydrogen (secondary N) is 3. The van der Waals surface area contributed by atoms with Gasteiger partial charge in [0.15, 0.2) is 5.65 Å². The lowest BCUT2D eigenvalue weighted by atomic mass is 9.78. The summed E-state index contributed by atoms with van der Waals surface area (Å²) in [4.78, 5) is 29.4. The van der Waals surface area contributed by atoms with Crippen molar-refractivity contribution in [3.63, 3.8) is 0 Å². The number of carbonyl (C=O) groups excluding carboxylic acids is 2. The minimum Gasteiger partial charge on any atom is -0.361 e. The Hall–Kier alpha value is -2.82. The highest BCUT2D eigenvalue weighted by Crippen LogP contribution is 2.48. The van der Waals surface area contributed by atoms with Crippen LogP contribution in [0.5, 0.6) is 0 Å². The molecule has 2 aromatic heterocycles. The summed E-state index contributed by atoms with van der Waals surface area (Å²) in [6, 6.07) is 1.07. The van der Waals surface area contributed by atoms with Gasteiger partial charge in [-0.3, -0.25) is 10.1 Å². The van der Waals surface area contributed by atoms with Crippen molar-refractivity contribution in [2.24, 2.45) is 5.41 Å². The number of fused-ring (bicyclic) bond motifs is 1. The van der Waals surface area contributed by atoms with Crippen LogP contribution in [0.1, 0.15) is 11.6 Å². The number of hydrogen-bond donors (Lipinski definition) is 3. The van der Waals surface area contributed by atoms with Gasteiger partial charge in [0.2, 0.25) is 5.91 Å². The number of urea groups is 1. The molecule has 0 aliphatic carbocycles. The molecule has 3 fully saturated rings. The summed E-state index contributed by atoms with van der Waals surface area (Å²) in [6.45, 7) is 0.439. The maximum atomic E-state index is 14.6. The van der Waals surface area contributed by atoms with Crippen LogP contribution in [0.25, 0.3) is 5.65 Å². The summed E-state index contributed by atoms with van der Waals surface area (Å²) in [5.41, 5.74) is 0.289. The molecule has 0 radical (unpaired) electrons. The lowest BCUT2D eigenvalue weighted by molar-refractivity contribution is -0.122. The minimum atomic E-state index is -2.82. The van der Waals surface area contributed by atoms with Crippen molar-refractivity contribution in [3.05, 3.63) is 24.2 Å². The van der Waals surface area contributed by atoms with Crippen LogP contribution in [-0.2, 0) is 4.79 Å². The fourth-order valence-corrected chi connectivity index (χ4v) is 4.00. The quantitative estimate of drug-likeness (QED) is 0.664. The van der Waals surface area contributed by atoms with Gasteiger partial charge in [0.05, 0.1) is 29.3 Å². The Bertz CT molecular complexity index is 955. The lowest BCUT2D eigenvalue weighted by Gasteiger charge is -2.42. The van der Waals surface area contributed by atoms with E-state index in [2.05, 4.69) is 26.0 Å². The number of amides is 3. The van der Waals surface area contributed by atoms with Gasteiger partial charge in [-0.15, -0.1) is 0 Å². The zero-order valence-corrected chi connectivity index (χ0v) is 14.2. The zero-order valence-electron chi connectivity index (χ0n) is 14.2. The van der Waals surface area contributed by atoms with Crippen molar-refractivity contribution < 1.29 is 18.4 Å². The average molecular weight is 377 g/mol. The fraction of sp³-hybridized carbons (Fsp3) is 0.500. The summed E-state index contributed by atoms with van der Waals surface area (Å²) in [5.74, 6) is -3.99. The summed E-state index contributed by atoms with van der Waals surface area (Å²) in [5, 5.41) is 12.1.